The van der Waals surface area contributed by atoms with Gasteiger partial charge >= 0.3 is 0 Å². The summed E-state index contributed by atoms with van der Waals surface area (Å²) in [6.45, 7) is 7.19. The molecule has 0 radical (unpaired) electrons. The Morgan fingerprint density at radius 3 is 2.71 bits per heavy atom. The number of carbonyl (C=O) groups excluding carboxylic acids is 1. The largest absolute Gasteiger partial charge is 0.357 e. The zero-order valence-electron chi connectivity index (χ0n) is 11.1. The van der Waals surface area contributed by atoms with Crippen LogP contribution in [-0.4, -0.2) is 36.0 Å². The molecule has 2 N–H and O–H groups in total. The van der Waals surface area contributed by atoms with Gasteiger partial charge in [0.2, 0.25) is 5.91 Å². The quantitative estimate of drug-likeness (QED) is 0.787. The van der Waals surface area contributed by atoms with Crippen LogP contribution in [0.1, 0.15) is 33.6 Å². The van der Waals surface area contributed by atoms with Crippen LogP contribution in [0.25, 0.3) is 0 Å². The number of nitrogens with one attached hydrogen (secondary N) is 2. The van der Waals surface area contributed by atoms with Gasteiger partial charge in [0.1, 0.15) is 6.04 Å². The van der Waals surface area contributed by atoms with Gasteiger partial charge in [-0.2, -0.15) is 0 Å². The lowest BCUT2D eigenvalue weighted by molar-refractivity contribution is -0.121. The smallest absolute Gasteiger partial charge is 0.242 e. The van der Waals surface area contributed by atoms with E-state index in [2.05, 4.69) is 29.5 Å². The van der Waals surface area contributed by atoms with Crippen LogP contribution < -0.4 is 10.6 Å². The Kier molecular flexibility index (Phi) is 5.82. The number of amides is 1. The molecule has 17 heavy (non-hydrogen) atoms. The summed E-state index contributed by atoms with van der Waals surface area (Å²) in [6.07, 6.45) is 2.39. The van der Waals surface area contributed by atoms with Gasteiger partial charge in [0.25, 0.3) is 0 Å². The Balaban J connectivity index is 2.42. The lowest BCUT2D eigenvalue weighted by Gasteiger charge is -2.19. The Bertz CT molecular complexity index is 289. The van der Waals surface area contributed by atoms with Crippen LogP contribution in [0, 0.1) is 5.92 Å². The van der Waals surface area contributed by atoms with Gasteiger partial charge < -0.3 is 10.6 Å². The Hall–Kier alpha value is -0.710. The van der Waals surface area contributed by atoms with Gasteiger partial charge in [-0.05, 0) is 12.8 Å². The maximum absolute atomic E-state index is 11.4. The second kappa shape index (κ2) is 6.89. The molecule has 0 aromatic heterocycles. The first-order valence-electron chi connectivity index (χ1n) is 6.31. The van der Waals surface area contributed by atoms with E-state index in [4.69, 9.17) is 0 Å². The zero-order chi connectivity index (χ0) is 12.8. The molecule has 1 aliphatic rings. The van der Waals surface area contributed by atoms with Crippen molar-refractivity contribution in [2.45, 2.75) is 44.9 Å². The van der Waals surface area contributed by atoms with Gasteiger partial charge in [0, 0.05) is 12.3 Å². The van der Waals surface area contributed by atoms with Crippen molar-refractivity contribution >= 4 is 22.8 Å². The second-order valence-corrected chi connectivity index (χ2v) is 5.59. The summed E-state index contributed by atoms with van der Waals surface area (Å²) in [4.78, 5) is 15.9. The van der Waals surface area contributed by atoms with Crippen LogP contribution >= 0.6 is 11.8 Å². The molecule has 2 unspecified atom stereocenters. The lowest BCUT2D eigenvalue weighted by atomic mass is 9.99. The van der Waals surface area contributed by atoms with Crippen molar-refractivity contribution in [2.24, 2.45) is 10.9 Å². The average molecular weight is 257 g/mol. The highest BCUT2D eigenvalue weighted by Crippen LogP contribution is 2.30. The van der Waals surface area contributed by atoms with Crippen LogP contribution in [0.5, 0.6) is 0 Å². The van der Waals surface area contributed by atoms with E-state index >= 15 is 0 Å². The van der Waals surface area contributed by atoms with Gasteiger partial charge in [-0.15, -0.1) is 0 Å². The standard InChI is InChI=1S/C12H23N3OS/c1-5-9(6-2)10-7-14-12(17-10)15-8(3)11(16)13-4/h8-10H,5-7H2,1-4H3,(H,13,16)(H,14,15). The molecular formula is C12H23N3OS. The summed E-state index contributed by atoms with van der Waals surface area (Å²) in [5, 5.41) is 7.28. The number of hydrogen-bond acceptors (Lipinski definition) is 4. The van der Waals surface area contributed by atoms with Gasteiger partial charge in [0.05, 0.1) is 6.54 Å². The molecule has 1 amide bonds. The molecule has 0 aromatic carbocycles. The number of carbonyl (C=O) groups is 1. The average Bonchev–Trinajstić information content (AvgIpc) is 2.78. The first-order chi connectivity index (χ1) is 8.12. The van der Waals surface area contributed by atoms with Gasteiger partial charge in [-0.25, -0.2) is 0 Å². The fourth-order valence-corrected chi connectivity index (χ4v) is 3.40. The predicted molar refractivity (Wildman–Crippen MR) is 74.4 cm³/mol. The fourth-order valence-electron chi connectivity index (χ4n) is 2.00. The third kappa shape index (κ3) is 3.91. The zero-order valence-corrected chi connectivity index (χ0v) is 11.9. The van der Waals surface area contributed by atoms with E-state index in [1.807, 2.05) is 6.92 Å². The van der Waals surface area contributed by atoms with Crippen LogP contribution in [0.15, 0.2) is 4.99 Å². The fraction of sp³-hybridized carbons (Fsp3) is 0.833. The number of rotatable bonds is 5. The molecule has 4 nitrogen and oxygen atoms in total. The molecule has 0 spiro atoms. The summed E-state index contributed by atoms with van der Waals surface area (Å²) in [5.74, 6) is 0.720. The number of hydrogen-bond donors (Lipinski definition) is 2. The maximum atomic E-state index is 11.4. The minimum absolute atomic E-state index is 0.000664. The SMILES string of the molecule is CCC(CC)C1CN=C(NC(C)C(=O)NC)S1. The number of thioether (sulfide) groups is 1. The summed E-state index contributed by atoms with van der Waals surface area (Å²) in [5.41, 5.74) is 0. The van der Waals surface area contributed by atoms with Crippen molar-refractivity contribution in [3.05, 3.63) is 0 Å². The third-order valence-electron chi connectivity index (χ3n) is 3.23. The predicted octanol–water partition coefficient (Wildman–Crippen LogP) is 1.62. The molecule has 98 valence electrons. The summed E-state index contributed by atoms with van der Waals surface area (Å²) in [7, 11) is 1.65. The number of amidine groups is 1. The molecule has 5 heteroatoms. The van der Waals surface area contributed by atoms with E-state index in [0.717, 1.165) is 17.6 Å². The normalized spacial score (nSPS) is 21.2. The lowest BCUT2D eigenvalue weighted by Crippen LogP contribution is -2.42. The van der Waals surface area contributed by atoms with Crippen molar-refractivity contribution in [1.82, 2.24) is 10.6 Å². The summed E-state index contributed by atoms with van der Waals surface area (Å²) < 4.78 is 0. The molecule has 1 rings (SSSR count). The van der Waals surface area contributed by atoms with Crippen molar-refractivity contribution in [2.75, 3.05) is 13.6 Å². The Morgan fingerprint density at radius 1 is 1.53 bits per heavy atom. The molecule has 1 aliphatic heterocycles. The minimum Gasteiger partial charge on any atom is -0.357 e. The molecular weight excluding hydrogens is 234 g/mol. The van der Waals surface area contributed by atoms with Crippen LogP contribution in [0.3, 0.4) is 0 Å². The van der Waals surface area contributed by atoms with Crippen LogP contribution in [-0.2, 0) is 4.79 Å². The third-order valence-corrected chi connectivity index (χ3v) is 4.54. The van der Waals surface area contributed by atoms with Gasteiger partial charge in [-0.3, -0.25) is 9.79 Å². The van der Waals surface area contributed by atoms with Gasteiger partial charge in [-0.1, -0.05) is 38.5 Å². The van der Waals surface area contributed by atoms with Crippen molar-refractivity contribution in [1.29, 1.82) is 0 Å². The van der Waals surface area contributed by atoms with E-state index in [-0.39, 0.29) is 11.9 Å². The molecule has 0 aliphatic carbocycles. The van der Waals surface area contributed by atoms with Crippen LogP contribution in [0.4, 0.5) is 0 Å². The summed E-state index contributed by atoms with van der Waals surface area (Å²) in [6, 6.07) is -0.216. The van der Waals surface area contributed by atoms with E-state index in [0.29, 0.717) is 5.25 Å². The highest BCUT2D eigenvalue weighted by Gasteiger charge is 2.27. The first kappa shape index (κ1) is 14.4. The molecule has 0 saturated heterocycles. The molecule has 2 atom stereocenters. The summed E-state index contributed by atoms with van der Waals surface area (Å²) >= 11 is 1.78. The molecule has 1 heterocycles. The van der Waals surface area contributed by atoms with Crippen LogP contribution in [0.2, 0.25) is 0 Å². The maximum Gasteiger partial charge on any atom is 0.242 e. The number of nitrogens with zero attached hydrogens (tertiary/aromatic N) is 1. The van der Waals surface area contributed by atoms with Crippen molar-refractivity contribution in [3.63, 3.8) is 0 Å². The van der Waals surface area contributed by atoms with E-state index < -0.39 is 0 Å². The highest BCUT2D eigenvalue weighted by atomic mass is 32.2. The monoisotopic (exact) mass is 257 g/mol. The van der Waals surface area contributed by atoms with E-state index in [1.165, 1.54) is 12.8 Å². The molecule has 0 fully saturated rings. The van der Waals surface area contributed by atoms with Gasteiger partial charge in [0.15, 0.2) is 5.17 Å². The van der Waals surface area contributed by atoms with Crippen molar-refractivity contribution in [3.8, 4) is 0 Å². The first-order valence-corrected chi connectivity index (χ1v) is 7.19. The number of likely N-dealkylation sites (N-methyl/N-ethyl adjacent to an activating group) is 1. The Labute approximate surface area is 108 Å². The van der Waals surface area contributed by atoms with E-state index in [9.17, 15) is 4.79 Å². The molecule has 0 aromatic rings. The topological polar surface area (TPSA) is 53.5 Å². The number of aliphatic imine (C=N–C) groups is 1. The van der Waals surface area contributed by atoms with E-state index in [1.54, 1.807) is 18.8 Å². The second-order valence-electron chi connectivity index (χ2n) is 4.36. The molecule has 0 saturated carbocycles. The highest BCUT2D eigenvalue weighted by molar-refractivity contribution is 8.14. The molecule has 0 bridgehead atoms. The van der Waals surface area contributed by atoms with Crippen molar-refractivity contribution < 1.29 is 4.79 Å². The minimum atomic E-state index is -0.216. The Morgan fingerprint density at radius 2 is 2.18 bits per heavy atom.